The number of aromatic nitrogens is 3. The highest BCUT2D eigenvalue weighted by Crippen LogP contribution is 2.45. The number of ether oxygens (including phenoxy) is 2. The van der Waals surface area contributed by atoms with E-state index in [4.69, 9.17) is 14.5 Å². The van der Waals surface area contributed by atoms with Crippen LogP contribution in [0.2, 0.25) is 0 Å². The van der Waals surface area contributed by atoms with Crippen LogP contribution >= 0.6 is 11.3 Å². The van der Waals surface area contributed by atoms with E-state index in [1.807, 2.05) is 13.1 Å². The van der Waals surface area contributed by atoms with Gasteiger partial charge in [0, 0.05) is 18.8 Å². The van der Waals surface area contributed by atoms with Gasteiger partial charge in [0.25, 0.3) is 0 Å². The maximum absolute atomic E-state index is 5.77. The fourth-order valence-corrected chi connectivity index (χ4v) is 5.29. The molecule has 5 rings (SSSR count). The highest BCUT2D eigenvalue weighted by molar-refractivity contribution is 7.26. The Morgan fingerprint density at radius 2 is 2.08 bits per heavy atom. The van der Waals surface area contributed by atoms with Crippen molar-refractivity contribution in [1.82, 2.24) is 15.2 Å². The molecule has 0 spiro atoms. The molecule has 0 aromatic carbocycles. The first-order valence-electron chi connectivity index (χ1n) is 9.42. The highest BCUT2D eigenvalue weighted by atomic mass is 32.1. The normalized spacial score (nSPS) is 17.7. The van der Waals surface area contributed by atoms with Crippen LogP contribution in [0.5, 0.6) is 5.88 Å². The molecule has 26 heavy (non-hydrogen) atoms. The van der Waals surface area contributed by atoms with Gasteiger partial charge in [0.15, 0.2) is 0 Å². The zero-order valence-corrected chi connectivity index (χ0v) is 15.8. The monoisotopic (exact) mass is 370 g/mol. The standard InChI is InChI=1S/C19H22N4O2S/c1-2-25-19-15-14(11-20-22-19)26-18-16(15)21-13-6-4-3-5-12(13)17(18)23-7-9-24-10-8-23/h11H,2-10H2,1H3. The zero-order valence-electron chi connectivity index (χ0n) is 15.0. The second-order valence-corrected chi connectivity index (χ2v) is 7.85. The van der Waals surface area contributed by atoms with Crippen molar-refractivity contribution >= 4 is 37.3 Å². The molecule has 136 valence electrons. The number of morpholine rings is 1. The van der Waals surface area contributed by atoms with E-state index in [0.29, 0.717) is 12.5 Å². The fourth-order valence-electron chi connectivity index (χ4n) is 4.09. The van der Waals surface area contributed by atoms with Crippen LogP contribution in [0.4, 0.5) is 5.69 Å². The molecule has 3 aromatic heterocycles. The van der Waals surface area contributed by atoms with E-state index >= 15 is 0 Å². The predicted octanol–water partition coefficient (Wildman–Crippen LogP) is 3.35. The second kappa shape index (κ2) is 6.63. The molecule has 4 heterocycles. The van der Waals surface area contributed by atoms with Crippen molar-refractivity contribution in [2.24, 2.45) is 0 Å². The van der Waals surface area contributed by atoms with Crippen molar-refractivity contribution < 1.29 is 9.47 Å². The van der Waals surface area contributed by atoms with Crippen molar-refractivity contribution in [3.8, 4) is 5.88 Å². The summed E-state index contributed by atoms with van der Waals surface area (Å²) in [6, 6.07) is 0. The summed E-state index contributed by atoms with van der Waals surface area (Å²) in [7, 11) is 0. The molecular weight excluding hydrogens is 348 g/mol. The van der Waals surface area contributed by atoms with E-state index in [-0.39, 0.29) is 0 Å². The molecule has 0 unspecified atom stereocenters. The molecule has 3 aromatic rings. The summed E-state index contributed by atoms with van der Waals surface area (Å²) in [5, 5.41) is 9.39. The number of hydrogen-bond donors (Lipinski definition) is 0. The Morgan fingerprint density at radius 3 is 2.92 bits per heavy atom. The van der Waals surface area contributed by atoms with Gasteiger partial charge in [0.2, 0.25) is 5.88 Å². The number of pyridine rings is 1. The number of fused-ring (bicyclic) bond motifs is 4. The Balaban J connectivity index is 1.82. The van der Waals surface area contributed by atoms with Gasteiger partial charge in [-0.1, -0.05) is 0 Å². The number of rotatable bonds is 3. The lowest BCUT2D eigenvalue weighted by Crippen LogP contribution is -2.37. The van der Waals surface area contributed by atoms with E-state index in [1.54, 1.807) is 11.3 Å². The highest BCUT2D eigenvalue weighted by Gasteiger charge is 2.26. The van der Waals surface area contributed by atoms with Crippen LogP contribution in [0, 0.1) is 0 Å². The van der Waals surface area contributed by atoms with Crippen molar-refractivity contribution in [2.45, 2.75) is 32.6 Å². The Morgan fingerprint density at radius 1 is 1.23 bits per heavy atom. The maximum atomic E-state index is 5.77. The summed E-state index contributed by atoms with van der Waals surface area (Å²) in [5.41, 5.74) is 5.10. The summed E-state index contributed by atoms with van der Waals surface area (Å²) < 4.78 is 13.7. The first-order valence-corrected chi connectivity index (χ1v) is 10.2. The van der Waals surface area contributed by atoms with Crippen LogP contribution in [-0.4, -0.2) is 48.1 Å². The van der Waals surface area contributed by atoms with E-state index in [9.17, 15) is 0 Å². The van der Waals surface area contributed by atoms with E-state index < -0.39 is 0 Å². The third-order valence-corrected chi connectivity index (χ3v) is 6.36. The van der Waals surface area contributed by atoms with Crippen LogP contribution in [0.25, 0.3) is 20.3 Å². The Hall–Kier alpha value is -1.99. The number of hydrogen-bond acceptors (Lipinski definition) is 7. The third kappa shape index (κ3) is 2.53. The summed E-state index contributed by atoms with van der Waals surface area (Å²) >= 11 is 1.77. The molecule has 6 nitrogen and oxygen atoms in total. The number of nitrogens with zero attached hydrogens (tertiary/aromatic N) is 4. The van der Waals surface area contributed by atoms with Crippen molar-refractivity contribution in [2.75, 3.05) is 37.8 Å². The average Bonchev–Trinajstić information content (AvgIpc) is 3.06. The van der Waals surface area contributed by atoms with Crippen LogP contribution in [0.1, 0.15) is 31.0 Å². The van der Waals surface area contributed by atoms with Gasteiger partial charge < -0.3 is 14.4 Å². The van der Waals surface area contributed by atoms with Crippen molar-refractivity contribution in [3.05, 3.63) is 17.5 Å². The van der Waals surface area contributed by atoms with Gasteiger partial charge in [-0.15, -0.1) is 16.4 Å². The molecule has 0 atom stereocenters. The van der Waals surface area contributed by atoms with Crippen molar-refractivity contribution in [1.29, 1.82) is 0 Å². The second-order valence-electron chi connectivity index (χ2n) is 6.79. The van der Waals surface area contributed by atoms with Crippen molar-refractivity contribution in [3.63, 3.8) is 0 Å². The summed E-state index contributed by atoms with van der Waals surface area (Å²) in [5.74, 6) is 0.604. The molecule has 0 N–H and O–H groups in total. The topological polar surface area (TPSA) is 60.4 Å². The minimum absolute atomic E-state index is 0.576. The lowest BCUT2D eigenvalue weighted by Gasteiger charge is -2.32. The van der Waals surface area contributed by atoms with Crippen LogP contribution in [-0.2, 0) is 17.6 Å². The van der Waals surface area contributed by atoms with Gasteiger partial charge in [-0.3, -0.25) is 4.98 Å². The zero-order chi connectivity index (χ0) is 17.5. The third-order valence-electron chi connectivity index (χ3n) is 5.24. The smallest absolute Gasteiger partial charge is 0.244 e. The molecular formula is C19H22N4O2S. The largest absolute Gasteiger partial charge is 0.476 e. The minimum Gasteiger partial charge on any atom is -0.476 e. The molecule has 2 aliphatic rings. The lowest BCUT2D eigenvalue weighted by molar-refractivity contribution is 0.122. The molecule has 1 aliphatic carbocycles. The number of aryl methyl sites for hydroxylation is 1. The van der Waals surface area contributed by atoms with Gasteiger partial charge in [-0.2, -0.15) is 5.10 Å². The Labute approximate surface area is 156 Å². The molecule has 1 fully saturated rings. The minimum atomic E-state index is 0.576. The molecule has 7 heteroatoms. The van der Waals surface area contributed by atoms with Gasteiger partial charge in [0.05, 0.1) is 52.0 Å². The molecule has 0 amide bonds. The summed E-state index contributed by atoms with van der Waals surface area (Å²) in [6.07, 6.45) is 6.48. The van der Waals surface area contributed by atoms with E-state index in [2.05, 4.69) is 15.1 Å². The maximum Gasteiger partial charge on any atom is 0.244 e. The SMILES string of the molecule is CCOc1nncc2sc3c(N4CCOCC4)c4c(nc3c12)CCCC4. The van der Waals surface area contributed by atoms with E-state index in [1.165, 1.54) is 34.5 Å². The summed E-state index contributed by atoms with van der Waals surface area (Å²) in [6.45, 7) is 6.01. The first-order chi connectivity index (χ1) is 12.9. The predicted molar refractivity (Wildman–Crippen MR) is 104 cm³/mol. The molecule has 0 bridgehead atoms. The van der Waals surface area contributed by atoms with Gasteiger partial charge in [-0.25, -0.2) is 0 Å². The molecule has 1 saturated heterocycles. The van der Waals surface area contributed by atoms with Crippen LogP contribution in [0.15, 0.2) is 6.20 Å². The average molecular weight is 370 g/mol. The van der Waals surface area contributed by atoms with Gasteiger partial charge in [0.1, 0.15) is 0 Å². The van der Waals surface area contributed by atoms with Gasteiger partial charge in [-0.05, 0) is 38.2 Å². The number of anilines is 1. The van der Waals surface area contributed by atoms with Gasteiger partial charge >= 0.3 is 0 Å². The molecule has 0 radical (unpaired) electrons. The lowest BCUT2D eigenvalue weighted by atomic mass is 9.93. The quantitative estimate of drug-likeness (QED) is 0.705. The Bertz CT molecular complexity index is 965. The number of thiophene rings is 1. The van der Waals surface area contributed by atoms with Crippen LogP contribution < -0.4 is 9.64 Å². The summed E-state index contributed by atoms with van der Waals surface area (Å²) in [4.78, 5) is 7.60. The van der Waals surface area contributed by atoms with E-state index in [0.717, 1.165) is 54.7 Å². The van der Waals surface area contributed by atoms with Crippen LogP contribution in [0.3, 0.4) is 0 Å². The first kappa shape index (κ1) is 16.2. The molecule has 0 saturated carbocycles. The Kier molecular flexibility index (Phi) is 4.13. The molecule has 1 aliphatic heterocycles. The fraction of sp³-hybridized carbons (Fsp3) is 0.526.